The molecule has 136 valence electrons. The molecule has 26 heavy (non-hydrogen) atoms. The van der Waals surface area contributed by atoms with Gasteiger partial charge in [0.15, 0.2) is 0 Å². The fourth-order valence-corrected chi connectivity index (χ4v) is 3.14. The van der Waals surface area contributed by atoms with Crippen LogP contribution < -0.4 is 4.74 Å². The molecule has 0 unspecified atom stereocenters. The Morgan fingerprint density at radius 1 is 1.23 bits per heavy atom. The lowest BCUT2D eigenvalue weighted by Gasteiger charge is -2.10. The van der Waals surface area contributed by atoms with Crippen LogP contribution in [0, 0.1) is 13.8 Å². The van der Waals surface area contributed by atoms with Gasteiger partial charge in [0.05, 0.1) is 22.0 Å². The number of hydrogen-bond donors (Lipinski definition) is 0. The second-order valence-corrected chi connectivity index (χ2v) is 6.69. The minimum Gasteiger partial charge on any atom is -0.488 e. The molecule has 7 heteroatoms. The third-order valence-corrected chi connectivity index (χ3v) is 4.96. The van der Waals surface area contributed by atoms with E-state index < -0.39 is 5.97 Å². The molecule has 0 atom stereocenters. The Hall–Kier alpha value is -2.67. The highest BCUT2D eigenvalue weighted by Gasteiger charge is 2.16. The molecule has 6 nitrogen and oxygen atoms in total. The maximum absolute atomic E-state index is 12.5. The minimum absolute atomic E-state index is 0.146. The van der Waals surface area contributed by atoms with Crippen molar-refractivity contribution in [2.75, 3.05) is 0 Å². The van der Waals surface area contributed by atoms with Crippen LogP contribution in [-0.2, 0) is 24.4 Å². The van der Waals surface area contributed by atoms with Gasteiger partial charge in [0.2, 0.25) is 0 Å². The molecule has 0 aliphatic carbocycles. The molecule has 0 spiro atoms. The molecule has 0 aliphatic heterocycles. The lowest BCUT2D eigenvalue weighted by atomic mass is 10.2. The smallest absolute Gasteiger partial charge is 0.342 e. The molecule has 2 heterocycles. The summed E-state index contributed by atoms with van der Waals surface area (Å²) in [6.07, 6.45) is 0.872. The third kappa shape index (κ3) is 4.11. The Balaban J connectivity index is 1.66. The second kappa shape index (κ2) is 8.14. The SMILES string of the molecule is CCc1nc(COC(=O)c2ccccc2OCc2c(C)noc2C)cs1. The number of rotatable bonds is 7. The maximum atomic E-state index is 12.5. The van der Waals surface area contributed by atoms with Gasteiger partial charge in [0.25, 0.3) is 0 Å². The molecule has 0 saturated heterocycles. The Morgan fingerprint density at radius 3 is 2.73 bits per heavy atom. The summed E-state index contributed by atoms with van der Waals surface area (Å²) in [5, 5.41) is 6.84. The molecular weight excluding hydrogens is 352 g/mol. The van der Waals surface area contributed by atoms with Crippen LogP contribution in [0.3, 0.4) is 0 Å². The molecule has 0 N–H and O–H groups in total. The molecular formula is C19H20N2O4S. The first-order valence-electron chi connectivity index (χ1n) is 8.32. The van der Waals surface area contributed by atoms with Gasteiger partial charge < -0.3 is 14.0 Å². The Kier molecular flexibility index (Phi) is 5.68. The van der Waals surface area contributed by atoms with Crippen LogP contribution in [0.5, 0.6) is 5.75 Å². The first-order chi connectivity index (χ1) is 12.6. The number of esters is 1. The van der Waals surface area contributed by atoms with E-state index in [0.29, 0.717) is 17.1 Å². The Bertz CT molecular complexity index is 881. The van der Waals surface area contributed by atoms with Gasteiger partial charge in [-0.05, 0) is 32.4 Å². The summed E-state index contributed by atoms with van der Waals surface area (Å²) in [7, 11) is 0. The molecule has 0 amide bonds. The Labute approximate surface area is 155 Å². The van der Waals surface area contributed by atoms with Crippen molar-refractivity contribution in [1.29, 1.82) is 0 Å². The number of thiazole rings is 1. The summed E-state index contributed by atoms with van der Waals surface area (Å²) >= 11 is 1.57. The second-order valence-electron chi connectivity index (χ2n) is 5.75. The van der Waals surface area contributed by atoms with Crippen molar-refractivity contribution in [3.05, 3.63) is 62.9 Å². The van der Waals surface area contributed by atoms with Gasteiger partial charge >= 0.3 is 5.97 Å². The third-order valence-electron chi connectivity index (χ3n) is 3.91. The molecule has 3 aromatic rings. The van der Waals surface area contributed by atoms with Crippen LogP contribution in [0.1, 0.15) is 45.0 Å². The van der Waals surface area contributed by atoms with Crippen LogP contribution in [0.2, 0.25) is 0 Å². The van der Waals surface area contributed by atoms with Crippen molar-refractivity contribution in [3.63, 3.8) is 0 Å². The highest BCUT2D eigenvalue weighted by Crippen LogP contribution is 2.23. The monoisotopic (exact) mass is 372 g/mol. The number of nitrogens with zero attached hydrogens (tertiary/aromatic N) is 2. The van der Waals surface area contributed by atoms with Gasteiger partial charge in [-0.1, -0.05) is 24.2 Å². The normalized spacial score (nSPS) is 10.7. The van der Waals surface area contributed by atoms with Crippen molar-refractivity contribution < 1.29 is 18.8 Å². The van der Waals surface area contributed by atoms with E-state index >= 15 is 0 Å². The standard InChI is InChI=1S/C19H20N2O4S/c1-4-18-20-14(11-26-18)9-24-19(22)15-7-5-6-8-17(15)23-10-16-12(2)21-25-13(16)3/h5-8,11H,4,9-10H2,1-3H3. The van der Waals surface area contributed by atoms with Gasteiger partial charge in [-0.3, -0.25) is 0 Å². The number of ether oxygens (including phenoxy) is 2. The van der Waals surface area contributed by atoms with E-state index in [-0.39, 0.29) is 13.2 Å². The first-order valence-corrected chi connectivity index (χ1v) is 9.20. The quantitative estimate of drug-likeness (QED) is 0.577. The zero-order valence-electron chi connectivity index (χ0n) is 14.9. The predicted octanol–water partition coefficient (Wildman–Crippen LogP) is 4.25. The average Bonchev–Trinajstić information content (AvgIpc) is 3.25. The predicted molar refractivity (Wildman–Crippen MR) is 97.4 cm³/mol. The van der Waals surface area contributed by atoms with E-state index in [2.05, 4.69) is 10.1 Å². The molecule has 2 aromatic heterocycles. The molecule has 0 aliphatic rings. The summed E-state index contributed by atoms with van der Waals surface area (Å²) in [6, 6.07) is 7.01. The van der Waals surface area contributed by atoms with E-state index in [1.807, 2.05) is 32.2 Å². The number of aromatic nitrogens is 2. The van der Waals surface area contributed by atoms with Gasteiger partial charge in [0.1, 0.15) is 30.3 Å². The fourth-order valence-electron chi connectivity index (χ4n) is 2.41. The highest BCUT2D eigenvalue weighted by molar-refractivity contribution is 7.09. The largest absolute Gasteiger partial charge is 0.488 e. The molecule has 0 radical (unpaired) electrons. The summed E-state index contributed by atoms with van der Waals surface area (Å²) in [5.41, 5.74) is 2.79. The Morgan fingerprint density at radius 2 is 2.04 bits per heavy atom. The van der Waals surface area contributed by atoms with Crippen molar-refractivity contribution >= 4 is 17.3 Å². The van der Waals surface area contributed by atoms with Crippen molar-refractivity contribution in [3.8, 4) is 5.75 Å². The lowest BCUT2D eigenvalue weighted by molar-refractivity contribution is 0.0463. The first kappa shape index (κ1) is 18.1. The molecule has 0 saturated carbocycles. The summed E-state index contributed by atoms with van der Waals surface area (Å²) in [6.45, 7) is 6.15. The van der Waals surface area contributed by atoms with E-state index in [1.165, 1.54) is 0 Å². The molecule has 0 bridgehead atoms. The summed E-state index contributed by atoms with van der Waals surface area (Å²) < 4.78 is 16.3. The van der Waals surface area contributed by atoms with Crippen molar-refractivity contribution in [2.45, 2.75) is 40.4 Å². The van der Waals surface area contributed by atoms with Gasteiger partial charge in [-0.2, -0.15) is 0 Å². The topological polar surface area (TPSA) is 74.5 Å². The van der Waals surface area contributed by atoms with E-state index in [4.69, 9.17) is 14.0 Å². The maximum Gasteiger partial charge on any atom is 0.342 e. The zero-order chi connectivity index (χ0) is 18.5. The van der Waals surface area contributed by atoms with E-state index in [9.17, 15) is 4.79 Å². The van der Waals surface area contributed by atoms with E-state index in [1.54, 1.807) is 29.5 Å². The van der Waals surface area contributed by atoms with Crippen molar-refractivity contribution in [1.82, 2.24) is 10.1 Å². The van der Waals surface area contributed by atoms with E-state index in [0.717, 1.165) is 28.4 Å². The number of para-hydroxylation sites is 1. The van der Waals surface area contributed by atoms with Gasteiger partial charge in [-0.15, -0.1) is 11.3 Å². The molecule has 3 rings (SSSR count). The molecule has 0 fully saturated rings. The number of carbonyl (C=O) groups excluding carboxylic acids is 1. The lowest BCUT2D eigenvalue weighted by Crippen LogP contribution is -2.09. The fraction of sp³-hybridized carbons (Fsp3) is 0.316. The summed E-state index contributed by atoms with van der Waals surface area (Å²) in [5.74, 6) is 0.730. The summed E-state index contributed by atoms with van der Waals surface area (Å²) in [4.78, 5) is 16.9. The van der Waals surface area contributed by atoms with Crippen LogP contribution in [0.25, 0.3) is 0 Å². The zero-order valence-corrected chi connectivity index (χ0v) is 15.8. The number of carbonyl (C=O) groups is 1. The van der Waals surface area contributed by atoms with Crippen LogP contribution in [0.4, 0.5) is 0 Å². The van der Waals surface area contributed by atoms with Crippen LogP contribution in [-0.4, -0.2) is 16.1 Å². The average molecular weight is 372 g/mol. The number of aryl methyl sites for hydroxylation is 3. The van der Waals surface area contributed by atoms with Gasteiger partial charge in [0, 0.05) is 5.38 Å². The van der Waals surface area contributed by atoms with Crippen LogP contribution >= 0.6 is 11.3 Å². The number of hydrogen-bond acceptors (Lipinski definition) is 7. The van der Waals surface area contributed by atoms with Gasteiger partial charge in [-0.25, -0.2) is 9.78 Å². The molecule has 1 aromatic carbocycles. The van der Waals surface area contributed by atoms with Crippen molar-refractivity contribution in [2.24, 2.45) is 0 Å². The highest BCUT2D eigenvalue weighted by atomic mass is 32.1. The number of benzene rings is 1. The van der Waals surface area contributed by atoms with Crippen LogP contribution in [0.15, 0.2) is 34.2 Å². The minimum atomic E-state index is -0.439.